The standard InChI is InChI=1S/C23H26N2O6S/c1-29-15-5-6-16(17(14-15)30-2)21(26)19-20(18-4-3-13-32-18)25(23(28)22(19)27)8-7-24-9-11-31-12-10-24/h3-6,13-14,20,26H,7-12H2,1-2H3/t20-/m1/s1. The predicted molar refractivity (Wildman–Crippen MR) is 120 cm³/mol. The second-order valence-corrected chi connectivity index (χ2v) is 8.51. The maximum atomic E-state index is 13.1. The Kier molecular flexibility index (Phi) is 6.78. The number of carbonyl (C=O) groups is 2. The van der Waals surface area contributed by atoms with E-state index in [-0.39, 0.29) is 11.3 Å². The Morgan fingerprint density at radius 2 is 1.94 bits per heavy atom. The molecule has 0 saturated carbocycles. The molecule has 32 heavy (non-hydrogen) atoms. The van der Waals surface area contributed by atoms with Crippen LogP contribution in [0.1, 0.15) is 16.5 Å². The van der Waals surface area contributed by atoms with E-state index in [0.29, 0.717) is 43.4 Å². The Labute approximate surface area is 190 Å². The van der Waals surface area contributed by atoms with E-state index in [1.165, 1.54) is 25.6 Å². The average molecular weight is 459 g/mol. The molecule has 8 nitrogen and oxygen atoms in total. The highest BCUT2D eigenvalue weighted by Gasteiger charge is 2.46. The smallest absolute Gasteiger partial charge is 0.295 e. The van der Waals surface area contributed by atoms with E-state index < -0.39 is 17.7 Å². The maximum absolute atomic E-state index is 13.1. The first-order valence-corrected chi connectivity index (χ1v) is 11.3. The molecule has 0 unspecified atom stereocenters. The zero-order chi connectivity index (χ0) is 22.7. The third-order valence-electron chi connectivity index (χ3n) is 5.78. The van der Waals surface area contributed by atoms with E-state index in [4.69, 9.17) is 14.2 Å². The van der Waals surface area contributed by atoms with Gasteiger partial charge < -0.3 is 24.2 Å². The number of nitrogens with zero attached hydrogens (tertiary/aromatic N) is 2. The molecular weight excluding hydrogens is 432 g/mol. The SMILES string of the molecule is COc1ccc(C(O)=C2C(=O)C(=O)N(CCN3CCOCC3)[C@@H]2c2cccs2)c(OC)c1. The Morgan fingerprint density at radius 3 is 2.59 bits per heavy atom. The lowest BCUT2D eigenvalue weighted by Crippen LogP contribution is -2.42. The van der Waals surface area contributed by atoms with Gasteiger partial charge in [-0.15, -0.1) is 11.3 Å². The lowest BCUT2D eigenvalue weighted by atomic mass is 9.99. The van der Waals surface area contributed by atoms with Crippen LogP contribution in [-0.2, 0) is 14.3 Å². The molecule has 3 heterocycles. The molecule has 2 aromatic rings. The van der Waals surface area contributed by atoms with Crippen LogP contribution in [0.5, 0.6) is 11.5 Å². The number of ether oxygens (including phenoxy) is 3. The van der Waals surface area contributed by atoms with Crippen molar-refractivity contribution in [3.63, 3.8) is 0 Å². The minimum atomic E-state index is -0.694. The van der Waals surface area contributed by atoms with Gasteiger partial charge in [0.15, 0.2) is 0 Å². The van der Waals surface area contributed by atoms with E-state index in [1.54, 1.807) is 23.1 Å². The fourth-order valence-corrected chi connectivity index (χ4v) is 4.91. The molecule has 2 aliphatic rings. The van der Waals surface area contributed by atoms with Gasteiger partial charge in [-0.2, -0.15) is 0 Å². The number of morpholine rings is 1. The fourth-order valence-electron chi connectivity index (χ4n) is 4.07. The van der Waals surface area contributed by atoms with Crippen LogP contribution in [-0.4, -0.2) is 80.2 Å². The van der Waals surface area contributed by atoms with Crippen molar-refractivity contribution in [1.82, 2.24) is 9.80 Å². The summed E-state index contributed by atoms with van der Waals surface area (Å²) in [4.78, 5) is 30.7. The van der Waals surface area contributed by atoms with Gasteiger partial charge in [-0.1, -0.05) is 6.07 Å². The van der Waals surface area contributed by atoms with E-state index in [1.807, 2.05) is 17.5 Å². The molecule has 2 aliphatic heterocycles. The van der Waals surface area contributed by atoms with Crippen LogP contribution < -0.4 is 9.47 Å². The molecule has 0 aliphatic carbocycles. The third kappa shape index (κ3) is 4.23. The van der Waals surface area contributed by atoms with Crippen LogP contribution in [0.4, 0.5) is 0 Å². The molecule has 0 radical (unpaired) electrons. The molecule has 1 aromatic carbocycles. The number of amides is 1. The normalized spacial score (nSPS) is 21.2. The van der Waals surface area contributed by atoms with Crippen molar-refractivity contribution in [2.45, 2.75) is 6.04 Å². The lowest BCUT2D eigenvalue weighted by Gasteiger charge is -2.30. The lowest BCUT2D eigenvalue weighted by molar-refractivity contribution is -0.140. The number of hydrogen-bond donors (Lipinski definition) is 1. The largest absolute Gasteiger partial charge is 0.507 e. The van der Waals surface area contributed by atoms with Gasteiger partial charge in [-0.3, -0.25) is 14.5 Å². The van der Waals surface area contributed by atoms with Crippen LogP contribution in [0, 0.1) is 0 Å². The summed E-state index contributed by atoms with van der Waals surface area (Å²) in [5, 5.41) is 13.1. The number of Topliss-reactive ketones (excluding diaryl/α,β-unsaturated/α-hetero) is 1. The quantitative estimate of drug-likeness (QED) is 0.387. The molecule has 1 atom stereocenters. The van der Waals surface area contributed by atoms with Gasteiger partial charge in [0.2, 0.25) is 0 Å². The Bertz CT molecular complexity index is 1010. The summed E-state index contributed by atoms with van der Waals surface area (Å²) in [6, 6.07) is 8.02. The number of carbonyl (C=O) groups excluding carboxylic acids is 2. The number of hydrogen-bond acceptors (Lipinski definition) is 8. The van der Waals surface area contributed by atoms with Crippen LogP contribution in [0.2, 0.25) is 0 Å². The molecule has 1 amide bonds. The van der Waals surface area contributed by atoms with Gasteiger partial charge in [0, 0.05) is 37.1 Å². The van der Waals surface area contributed by atoms with E-state index in [0.717, 1.165) is 18.0 Å². The highest BCUT2D eigenvalue weighted by atomic mass is 32.1. The highest BCUT2D eigenvalue weighted by Crippen LogP contribution is 2.42. The van der Waals surface area contributed by atoms with E-state index >= 15 is 0 Å². The highest BCUT2D eigenvalue weighted by molar-refractivity contribution is 7.10. The van der Waals surface area contributed by atoms with Crippen LogP contribution in [0.15, 0.2) is 41.3 Å². The van der Waals surface area contributed by atoms with Crippen molar-refractivity contribution in [3.05, 3.63) is 51.7 Å². The minimum Gasteiger partial charge on any atom is -0.507 e. The molecule has 4 rings (SSSR count). The van der Waals surface area contributed by atoms with Crippen molar-refractivity contribution in [2.24, 2.45) is 0 Å². The summed E-state index contributed by atoms with van der Waals surface area (Å²) < 4.78 is 16.0. The predicted octanol–water partition coefficient (Wildman–Crippen LogP) is 2.52. The molecule has 9 heteroatoms. The zero-order valence-electron chi connectivity index (χ0n) is 18.1. The zero-order valence-corrected chi connectivity index (χ0v) is 18.9. The van der Waals surface area contributed by atoms with Gasteiger partial charge in [0.25, 0.3) is 11.7 Å². The first kappa shape index (κ1) is 22.3. The molecule has 0 spiro atoms. The fraction of sp³-hybridized carbons (Fsp3) is 0.391. The Morgan fingerprint density at radius 1 is 1.16 bits per heavy atom. The summed E-state index contributed by atoms with van der Waals surface area (Å²) in [6.07, 6.45) is 0. The van der Waals surface area contributed by atoms with Crippen LogP contribution >= 0.6 is 11.3 Å². The van der Waals surface area contributed by atoms with Gasteiger partial charge in [-0.25, -0.2) is 0 Å². The number of likely N-dealkylation sites (tertiary alicyclic amines) is 1. The monoisotopic (exact) mass is 458 g/mol. The summed E-state index contributed by atoms with van der Waals surface area (Å²) in [5.41, 5.74) is 0.406. The molecule has 2 fully saturated rings. The van der Waals surface area contributed by atoms with Gasteiger partial charge in [0.05, 0.1) is 44.6 Å². The Hall–Kier alpha value is -2.88. The molecule has 2 saturated heterocycles. The van der Waals surface area contributed by atoms with Gasteiger partial charge >= 0.3 is 0 Å². The van der Waals surface area contributed by atoms with E-state index in [9.17, 15) is 14.7 Å². The van der Waals surface area contributed by atoms with E-state index in [2.05, 4.69) is 4.90 Å². The number of benzene rings is 1. The second kappa shape index (κ2) is 9.72. The minimum absolute atomic E-state index is 0.0721. The summed E-state index contributed by atoms with van der Waals surface area (Å²) >= 11 is 1.45. The molecule has 1 N–H and O–H groups in total. The number of rotatable bonds is 7. The van der Waals surface area contributed by atoms with Crippen molar-refractivity contribution in [1.29, 1.82) is 0 Å². The van der Waals surface area contributed by atoms with Crippen molar-refractivity contribution in [3.8, 4) is 11.5 Å². The average Bonchev–Trinajstić information content (AvgIpc) is 3.44. The van der Waals surface area contributed by atoms with Crippen molar-refractivity contribution >= 4 is 28.8 Å². The number of aliphatic hydroxyl groups excluding tert-OH is 1. The second-order valence-electron chi connectivity index (χ2n) is 7.53. The number of methoxy groups -OCH3 is 2. The van der Waals surface area contributed by atoms with Gasteiger partial charge in [-0.05, 0) is 23.6 Å². The van der Waals surface area contributed by atoms with Gasteiger partial charge in [0.1, 0.15) is 17.3 Å². The summed E-state index contributed by atoms with van der Waals surface area (Å²) in [6.45, 7) is 3.90. The number of ketones is 1. The first-order valence-electron chi connectivity index (χ1n) is 10.4. The number of aliphatic hydroxyl groups is 1. The Balaban J connectivity index is 1.73. The van der Waals surface area contributed by atoms with Crippen LogP contribution in [0.25, 0.3) is 5.76 Å². The molecule has 170 valence electrons. The summed E-state index contributed by atoms with van der Waals surface area (Å²) in [7, 11) is 3.01. The maximum Gasteiger partial charge on any atom is 0.295 e. The van der Waals surface area contributed by atoms with Crippen molar-refractivity contribution in [2.75, 3.05) is 53.6 Å². The third-order valence-corrected chi connectivity index (χ3v) is 6.70. The first-order chi connectivity index (χ1) is 15.5. The van der Waals surface area contributed by atoms with Crippen LogP contribution in [0.3, 0.4) is 0 Å². The van der Waals surface area contributed by atoms with Crippen molar-refractivity contribution < 1.29 is 28.9 Å². The molecule has 1 aromatic heterocycles. The topological polar surface area (TPSA) is 88.5 Å². The molecular formula is C23H26N2O6S. The molecule has 0 bridgehead atoms. The summed E-state index contributed by atoms with van der Waals surface area (Å²) in [5.74, 6) is -0.646. The number of thiophene rings is 1.